The number of hydrogen-bond donors (Lipinski definition) is 0. The lowest BCUT2D eigenvalue weighted by atomic mass is 10.1. The summed E-state index contributed by atoms with van der Waals surface area (Å²) in [6.45, 7) is 4.34. The van der Waals surface area contributed by atoms with E-state index in [0.29, 0.717) is 0 Å². The Morgan fingerprint density at radius 1 is 1.47 bits per heavy atom. The molecule has 0 aliphatic heterocycles. The largest absolute Gasteiger partial charge is 0.354 e. The van der Waals surface area contributed by atoms with Gasteiger partial charge in [0, 0.05) is 24.0 Å². The van der Waals surface area contributed by atoms with Crippen molar-refractivity contribution < 1.29 is 0 Å². The highest BCUT2D eigenvalue weighted by Gasteiger charge is 2.23. The maximum atomic E-state index is 4.28. The van der Waals surface area contributed by atoms with E-state index in [4.69, 9.17) is 0 Å². The van der Waals surface area contributed by atoms with Crippen molar-refractivity contribution in [1.82, 2.24) is 9.97 Å². The Labute approximate surface area is 104 Å². The maximum Gasteiger partial charge on any atom is 0.133 e. The minimum Gasteiger partial charge on any atom is -0.354 e. The Morgan fingerprint density at radius 3 is 2.67 bits per heavy atom. The first-order valence-corrected chi connectivity index (χ1v) is 7.01. The van der Waals surface area contributed by atoms with Crippen LogP contribution in [0.3, 0.4) is 0 Å². The molecule has 0 saturated carbocycles. The Kier molecular flexibility index (Phi) is 4.40. The predicted molar refractivity (Wildman–Crippen MR) is 70.1 cm³/mol. The average molecular weight is 290 g/mol. The zero-order valence-electron chi connectivity index (χ0n) is 9.49. The van der Waals surface area contributed by atoms with E-state index in [1.165, 1.54) is 0 Å². The molecule has 0 aliphatic carbocycles. The van der Waals surface area contributed by atoms with Crippen LogP contribution in [0, 0.1) is 0 Å². The second-order valence-electron chi connectivity index (χ2n) is 3.92. The molecule has 84 valence electrons. The molecular weight excluding hydrogens is 274 g/mol. The van der Waals surface area contributed by atoms with E-state index in [1.54, 1.807) is 18.1 Å². The van der Waals surface area contributed by atoms with Gasteiger partial charge in [0.15, 0.2) is 0 Å². The van der Waals surface area contributed by atoms with Crippen LogP contribution < -0.4 is 4.90 Å². The summed E-state index contributed by atoms with van der Waals surface area (Å²) in [7, 11) is 2.05. The number of nitrogens with zero attached hydrogens (tertiary/aromatic N) is 3. The molecule has 1 aromatic rings. The van der Waals surface area contributed by atoms with Gasteiger partial charge < -0.3 is 4.90 Å². The van der Waals surface area contributed by atoms with Gasteiger partial charge in [-0.15, -0.1) is 11.8 Å². The molecule has 1 rings (SSSR count). The third-order valence-electron chi connectivity index (χ3n) is 2.42. The SMILES string of the molecule is CSc1cc(N(C)C(C)(C)CBr)ncn1. The van der Waals surface area contributed by atoms with Crippen LogP contribution >= 0.6 is 27.7 Å². The van der Waals surface area contributed by atoms with Crippen LogP contribution in [0.5, 0.6) is 0 Å². The molecule has 5 heteroatoms. The lowest BCUT2D eigenvalue weighted by Gasteiger charge is -2.35. The monoisotopic (exact) mass is 289 g/mol. The normalized spacial score (nSPS) is 11.5. The molecule has 0 radical (unpaired) electrons. The Bertz CT molecular complexity index is 330. The number of alkyl halides is 1. The molecule has 3 nitrogen and oxygen atoms in total. The summed E-state index contributed by atoms with van der Waals surface area (Å²) >= 11 is 5.14. The van der Waals surface area contributed by atoms with Crippen molar-refractivity contribution in [3.8, 4) is 0 Å². The molecule has 0 atom stereocenters. The van der Waals surface area contributed by atoms with Crippen LogP contribution in [-0.4, -0.2) is 34.1 Å². The highest BCUT2D eigenvalue weighted by Crippen LogP contribution is 2.23. The molecule has 1 aromatic heterocycles. The second kappa shape index (κ2) is 5.16. The number of halogens is 1. The van der Waals surface area contributed by atoms with Gasteiger partial charge in [0.1, 0.15) is 17.2 Å². The molecule has 15 heavy (non-hydrogen) atoms. The minimum absolute atomic E-state index is 0.0457. The fourth-order valence-electron chi connectivity index (χ4n) is 1.02. The fraction of sp³-hybridized carbons (Fsp3) is 0.600. The molecule has 0 fully saturated rings. The van der Waals surface area contributed by atoms with Crippen LogP contribution in [0.25, 0.3) is 0 Å². The van der Waals surface area contributed by atoms with E-state index in [1.807, 2.05) is 19.4 Å². The molecular formula is C10H16BrN3S. The minimum atomic E-state index is 0.0457. The van der Waals surface area contributed by atoms with Crippen LogP contribution in [-0.2, 0) is 0 Å². The fourth-order valence-corrected chi connectivity index (χ4v) is 1.78. The van der Waals surface area contributed by atoms with Crippen molar-refractivity contribution >= 4 is 33.5 Å². The smallest absolute Gasteiger partial charge is 0.133 e. The summed E-state index contributed by atoms with van der Waals surface area (Å²) in [5, 5.41) is 1.90. The standard InChI is InChI=1S/C10H16BrN3S/c1-10(2,6-11)14(3)8-5-9(15-4)13-7-12-8/h5,7H,6H2,1-4H3. The van der Waals surface area contributed by atoms with Gasteiger partial charge in [0.05, 0.1) is 0 Å². The second-order valence-corrected chi connectivity index (χ2v) is 5.31. The molecule has 0 amide bonds. The molecule has 0 spiro atoms. The molecule has 0 aromatic carbocycles. The Balaban J connectivity index is 2.95. The van der Waals surface area contributed by atoms with Crippen LogP contribution in [0.1, 0.15) is 13.8 Å². The first-order chi connectivity index (χ1) is 7.01. The summed E-state index contributed by atoms with van der Waals surface area (Å²) < 4.78 is 0. The maximum absolute atomic E-state index is 4.28. The van der Waals surface area contributed by atoms with Crippen molar-refractivity contribution in [2.45, 2.75) is 24.4 Å². The number of anilines is 1. The molecule has 0 bridgehead atoms. The summed E-state index contributed by atoms with van der Waals surface area (Å²) in [5.41, 5.74) is 0.0457. The number of thioether (sulfide) groups is 1. The van der Waals surface area contributed by atoms with Gasteiger partial charge in [0.2, 0.25) is 0 Å². The van der Waals surface area contributed by atoms with E-state index in [9.17, 15) is 0 Å². The topological polar surface area (TPSA) is 29.0 Å². The lowest BCUT2D eigenvalue weighted by molar-refractivity contribution is 0.546. The van der Waals surface area contributed by atoms with E-state index >= 15 is 0 Å². The molecule has 0 saturated heterocycles. The Hall–Kier alpha value is -0.290. The number of hydrogen-bond acceptors (Lipinski definition) is 4. The van der Waals surface area contributed by atoms with Crippen molar-refractivity contribution in [3.05, 3.63) is 12.4 Å². The first kappa shape index (κ1) is 12.8. The zero-order valence-corrected chi connectivity index (χ0v) is 11.9. The summed E-state index contributed by atoms with van der Waals surface area (Å²) in [6.07, 6.45) is 3.63. The number of rotatable bonds is 4. The predicted octanol–water partition coefficient (Wildman–Crippen LogP) is 2.81. The summed E-state index contributed by atoms with van der Waals surface area (Å²) in [5.74, 6) is 0.957. The van der Waals surface area contributed by atoms with Gasteiger partial charge in [-0.3, -0.25) is 0 Å². The van der Waals surface area contributed by atoms with E-state index in [2.05, 4.69) is 44.6 Å². The van der Waals surface area contributed by atoms with Gasteiger partial charge in [-0.25, -0.2) is 9.97 Å². The van der Waals surface area contributed by atoms with Gasteiger partial charge in [-0.2, -0.15) is 0 Å². The van der Waals surface area contributed by atoms with Gasteiger partial charge in [-0.05, 0) is 20.1 Å². The van der Waals surface area contributed by atoms with Crippen LogP contribution in [0.2, 0.25) is 0 Å². The van der Waals surface area contributed by atoms with E-state index < -0.39 is 0 Å². The summed E-state index contributed by atoms with van der Waals surface area (Å²) in [6, 6.07) is 2.01. The highest BCUT2D eigenvalue weighted by molar-refractivity contribution is 9.09. The molecule has 0 aliphatic rings. The molecule has 1 heterocycles. The average Bonchev–Trinajstić information content (AvgIpc) is 2.28. The van der Waals surface area contributed by atoms with E-state index in [-0.39, 0.29) is 5.54 Å². The van der Waals surface area contributed by atoms with Crippen LogP contribution in [0.4, 0.5) is 5.82 Å². The molecule has 0 unspecified atom stereocenters. The van der Waals surface area contributed by atoms with Crippen molar-refractivity contribution in [1.29, 1.82) is 0 Å². The zero-order chi connectivity index (χ0) is 11.5. The lowest BCUT2D eigenvalue weighted by Crippen LogP contribution is -2.43. The van der Waals surface area contributed by atoms with Crippen molar-refractivity contribution in [3.63, 3.8) is 0 Å². The van der Waals surface area contributed by atoms with Gasteiger partial charge in [-0.1, -0.05) is 15.9 Å². The third-order valence-corrected chi connectivity index (χ3v) is 4.43. The van der Waals surface area contributed by atoms with Gasteiger partial charge in [0.25, 0.3) is 0 Å². The van der Waals surface area contributed by atoms with Crippen LogP contribution in [0.15, 0.2) is 17.4 Å². The quantitative estimate of drug-likeness (QED) is 0.484. The number of aromatic nitrogens is 2. The van der Waals surface area contributed by atoms with E-state index in [0.717, 1.165) is 16.2 Å². The van der Waals surface area contributed by atoms with Crippen molar-refractivity contribution in [2.24, 2.45) is 0 Å². The molecule has 0 N–H and O–H groups in total. The highest BCUT2D eigenvalue weighted by atomic mass is 79.9. The third kappa shape index (κ3) is 3.08. The Morgan fingerprint density at radius 2 is 2.13 bits per heavy atom. The van der Waals surface area contributed by atoms with Crippen molar-refractivity contribution in [2.75, 3.05) is 23.5 Å². The summed E-state index contributed by atoms with van der Waals surface area (Å²) in [4.78, 5) is 10.6. The van der Waals surface area contributed by atoms with Gasteiger partial charge >= 0.3 is 0 Å². The first-order valence-electron chi connectivity index (χ1n) is 4.67.